The quantitative estimate of drug-likeness (QED) is 0.506. The van der Waals surface area contributed by atoms with Crippen LogP contribution in [0.15, 0.2) is 0 Å². The van der Waals surface area contributed by atoms with E-state index in [1.807, 2.05) is 6.26 Å². The third-order valence-corrected chi connectivity index (χ3v) is 4.42. The molecule has 0 aromatic carbocycles. The Bertz CT molecular complexity index is 202. The zero-order valence-electron chi connectivity index (χ0n) is 7.04. The first kappa shape index (κ1) is 8.71. The third-order valence-electron chi connectivity index (χ3n) is 2.13. The predicted octanol–water partition coefficient (Wildman–Crippen LogP) is -0.505. The summed E-state index contributed by atoms with van der Waals surface area (Å²) in [5.41, 5.74) is 0. The summed E-state index contributed by atoms with van der Waals surface area (Å²) in [7, 11) is -1.86. The molecule has 3 nitrogen and oxygen atoms in total. The number of rotatable bonds is 0. The molecule has 0 saturated carbocycles. The highest BCUT2D eigenvalue weighted by atomic mass is 32.2. The van der Waals surface area contributed by atoms with Crippen molar-refractivity contribution in [3.05, 3.63) is 0 Å². The van der Waals surface area contributed by atoms with Gasteiger partial charge in [0.15, 0.2) is 0 Å². The van der Waals surface area contributed by atoms with E-state index in [9.17, 15) is 9.00 Å². The van der Waals surface area contributed by atoms with Gasteiger partial charge in [0.25, 0.3) is 0 Å². The predicted molar refractivity (Wildman–Crippen MR) is 47.4 cm³/mol. The molecule has 1 aliphatic rings. The Morgan fingerprint density at radius 1 is 1.36 bits per heavy atom. The molecular weight excluding hydrogens is 162 g/mol. The molecule has 1 saturated heterocycles. The van der Waals surface area contributed by atoms with Gasteiger partial charge in [0.1, 0.15) is 0 Å². The molecule has 1 amide bonds. The van der Waals surface area contributed by atoms with Crippen molar-refractivity contribution in [2.75, 3.05) is 30.9 Å². The number of nitrogens with zero attached hydrogens (tertiary/aromatic N) is 1. The minimum Gasteiger partial charge on any atom is -0.341 e. The Morgan fingerprint density at radius 3 is 2.18 bits per heavy atom. The zero-order chi connectivity index (χ0) is 8.48. The highest BCUT2D eigenvalue weighted by Crippen LogP contribution is 2.08. The summed E-state index contributed by atoms with van der Waals surface area (Å²) in [6.45, 7) is 2.93. The minimum absolute atomic E-state index is 0.102. The van der Waals surface area contributed by atoms with E-state index in [2.05, 4.69) is 0 Å². The van der Waals surface area contributed by atoms with Crippen LogP contribution in [-0.4, -0.2) is 45.9 Å². The summed E-state index contributed by atoms with van der Waals surface area (Å²) in [5, 5.41) is 0. The molecule has 66 valence electrons. The zero-order valence-corrected chi connectivity index (χ0v) is 7.93. The molecule has 11 heavy (non-hydrogen) atoms. The second kappa shape index (κ2) is 2.93. The number of hydrogen-bond acceptors (Lipinski definition) is 2. The second-order valence-electron chi connectivity index (χ2n) is 3.25. The third kappa shape index (κ3) is 2.29. The van der Waals surface area contributed by atoms with E-state index in [1.54, 1.807) is 11.8 Å². The van der Waals surface area contributed by atoms with Gasteiger partial charge in [-0.25, -0.2) is 0 Å². The maximum absolute atomic E-state index is 11.5. The molecule has 1 rings (SSSR count). The monoisotopic (exact) mass is 177 g/mol. The van der Waals surface area contributed by atoms with Crippen LogP contribution >= 0.6 is 0 Å². The van der Waals surface area contributed by atoms with Gasteiger partial charge < -0.3 is 4.90 Å². The molecule has 0 unspecified atom stereocenters. The smallest absolute Gasteiger partial charge is 0.219 e. The highest BCUT2D eigenvalue weighted by Gasteiger charge is 2.20. The molecule has 1 heterocycles. The first-order chi connectivity index (χ1) is 5.01. The van der Waals surface area contributed by atoms with Crippen molar-refractivity contribution in [3.63, 3.8) is 0 Å². The molecule has 0 N–H and O–H groups in total. The van der Waals surface area contributed by atoms with E-state index >= 15 is 0 Å². The first-order valence-electron chi connectivity index (χ1n) is 3.82. The van der Waals surface area contributed by atoms with Gasteiger partial charge in [-0.05, 0) is 6.26 Å². The van der Waals surface area contributed by atoms with Gasteiger partial charge in [-0.2, -0.15) is 0 Å². The summed E-state index contributed by atoms with van der Waals surface area (Å²) in [5.74, 6) is 1.50. The van der Waals surface area contributed by atoms with Gasteiger partial charge in [-0.1, -0.05) is 0 Å². The van der Waals surface area contributed by atoms with Crippen LogP contribution in [0.25, 0.3) is 0 Å². The largest absolute Gasteiger partial charge is 0.341 e. The molecular formula is C7H15NO2S. The van der Waals surface area contributed by atoms with Gasteiger partial charge in [0, 0.05) is 31.5 Å². The number of hydrogen-bond donors (Lipinski definition) is 1. The van der Waals surface area contributed by atoms with Crippen LogP contribution in [0.2, 0.25) is 0 Å². The number of amides is 1. The van der Waals surface area contributed by atoms with Crippen LogP contribution in [0, 0.1) is 0 Å². The Labute approximate surface area is 68.2 Å². The average molecular weight is 177 g/mol. The van der Waals surface area contributed by atoms with E-state index < -0.39 is 9.93 Å². The molecule has 0 spiro atoms. The number of carbonyl (C=O) groups is 1. The maximum Gasteiger partial charge on any atom is 0.219 e. The van der Waals surface area contributed by atoms with Crippen molar-refractivity contribution in [2.45, 2.75) is 6.92 Å². The summed E-state index contributed by atoms with van der Waals surface area (Å²) in [6.07, 6.45) is 1.82. The Kier molecular flexibility index (Phi) is 2.32. The second-order valence-corrected chi connectivity index (χ2v) is 6.74. The summed E-state index contributed by atoms with van der Waals surface area (Å²) >= 11 is 0. The van der Waals surface area contributed by atoms with Crippen LogP contribution in [0.4, 0.5) is 0 Å². The molecule has 0 atom stereocenters. The SMILES string of the molecule is CC(=O)N1CC[SH](C)(=O)CC1. The molecule has 1 fully saturated rings. The van der Waals surface area contributed by atoms with Crippen molar-refractivity contribution in [3.8, 4) is 0 Å². The fraction of sp³-hybridized carbons (Fsp3) is 0.857. The molecule has 1 aliphatic heterocycles. The maximum atomic E-state index is 11.5. The van der Waals surface area contributed by atoms with E-state index in [-0.39, 0.29) is 5.91 Å². The van der Waals surface area contributed by atoms with Crippen LogP contribution in [0.5, 0.6) is 0 Å². The Hall–Kier alpha value is -0.380. The fourth-order valence-electron chi connectivity index (χ4n) is 1.20. The topological polar surface area (TPSA) is 37.4 Å². The molecule has 4 heteroatoms. The van der Waals surface area contributed by atoms with Crippen LogP contribution in [0.3, 0.4) is 0 Å². The van der Waals surface area contributed by atoms with Gasteiger partial charge in [0.05, 0.1) is 0 Å². The average Bonchev–Trinajstić information content (AvgIpc) is 1.86. The first-order valence-corrected chi connectivity index (χ1v) is 6.35. The van der Waals surface area contributed by atoms with Crippen molar-refractivity contribution < 1.29 is 9.00 Å². The van der Waals surface area contributed by atoms with Crippen molar-refractivity contribution in [1.82, 2.24) is 4.90 Å². The van der Waals surface area contributed by atoms with E-state index in [0.29, 0.717) is 24.6 Å². The van der Waals surface area contributed by atoms with Gasteiger partial charge in [-0.15, -0.1) is 9.93 Å². The lowest BCUT2D eigenvalue weighted by Crippen LogP contribution is -2.45. The van der Waals surface area contributed by atoms with Crippen molar-refractivity contribution >= 4 is 15.8 Å². The summed E-state index contributed by atoms with van der Waals surface area (Å²) in [6, 6.07) is 0. The van der Waals surface area contributed by atoms with E-state index in [0.717, 1.165) is 0 Å². The Morgan fingerprint density at radius 2 is 1.82 bits per heavy atom. The number of thiol groups is 1. The van der Waals surface area contributed by atoms with E-state index in [4.69, 9.17) is 0 Å². The lowest BCUT2D eigenvalue weighted by Gasteiger charge is -2.32. The van der Waals surface area contributed by atoms with E-state index in [1.165, 1.54) is 0 Å². The molecule has 0 radical (unpaired) electrons. The van der Waals surface area contributed by atoms with Gasteiger partial charge in [-0.3, -0.25) is 9.00 Å². The van der Waals surface area contributed by atoms with Gasteiger partial charge in [0.2, 0.25) is 5.91 Å². The fourth-order valence-corrected chi connectivity index (χ4v) is 2.76. The molecule has 0 aliphatic carbocycles. The van der Waals surface area contributed by atoms with Crippen LogP contribution in [0.1, 0.15) is 6.92 Å². The summed E-state index contributed by atoms with van der Waals surface area (Å²) < 4.78 is 11.5. The standard InChI is InChI=1S/C7H15NO2S/c1-7(9)8-3-5-11(2,10)6-4-8/h11H,3-6H2,1-2H3. The molecule has 0 aromatic rings. The number of carbonyl (C=O) groups excluding carboxylic acids is 1. The summed E-state index contributed by atoms with van der Waals surface area (Å²) in [4.78, 5) is 12.6. The Balaban J connectivity index is 2.49. The van der Waals surface area contributed by atoms with Crippen molar-refractivity contribution in [1.29, 1.82) is 0 Å². The lowest BCUT2D eigenvalue weighted by atomic mass is 10.5. The van der Waals surface area contributed by atoms with Crippen LogP contribution < -0.4 is 0 Å². The minimum atomic E-state index is -1.86. The highest BCUT2D eigenvalue weighted by molar-refractivity contribution is 8.02. The molecule has 0 aromatic heterocycles. The van der Waals surface area contributed by atoms with Crippen LogP contribution in [-0.2, 0) is 14.7 Å². The normalized spacial score (nSPS) is 26.2. The van der Waals surface area contributed by atoms with Gasteiger partial charge >= 0.3 is 0 Å². The van der Waals surface area contributed by atoms with Crippen molar-refractivity contribution in [2.24, 2.45) is 0 Å². The molecule has 0 bridgehead atoms. The lowest BCUT2D eigenvalue weighted by molar-refractivity contribution is -0.128.